The highest BCUT2D eigenvalue weighted by atomic mass is 16.6. The third-order valence-corrected chi connectivity index (χ3v) is 5.27. The Kier molecular flexibility index (Phi) is 12.2. The quantitative estimate of drug-likeness (QED) is 0.181. The predicted octanol–water partition coefficient (Wildman–Crippen LogP) is 2.05. The van der Waals surface area contributed by atoms with Crippen LogP contribution in [0, 0.1) is 10.8 Å². The van der Waals surface area contributed by atoms with Crippen LogP contribution in [0.2, 0.25) is 0 Å². The van der Waals surface area contributed by atoms with Crippen LogP contribution in [0.1, 0.15) is 53.4 Å². The second-order valence-corrected chi connectivity index (χ2v) is 6.45. The van der Waals surface area contributed by atoms with Crippen molar-refractivity contribution in [2.24, 2.45) is 10.8 Å². The number of esters is 4. The molecule has 0 bridgehead atoms. The van der Waals surface area contributed by atoms with E-state index >= 15 is 0 Å². The molecule has 9 heteroatoms. The summed E-state index contributed by atoms with van der Waals surface area (Å²) in [6.07, 6.45) is 1.07. The van der Waals surface area contributed by atoms with Crippen molar-refractivity contribution in [3.63, 3.8) is 0 Å². The predicted molar refractivity (Wildman–Crippen MR) is 103 cm³/mol. The lowest BCUT2D eigenvalue weighted by Crippen LogP contribution is -2.41. The highest BCUT2D eigenvalue weighted by Crippen LogP contribution is 2.30. The first-order chi connectivity index (χ1) is 13.8. The monoisotopic (exact) mass is 418 g/mol. The lowest BCUT2D eigenvalue weighted by molar-refractivity contribution is -0.172. The van der Waals surface area contributed by atoms with Gasteiger partial charge in [-0.1, -0.05) is 27.7 Å². The molecule has 0 atom stereocenters. The smallest absolute Gasteiger partial charge is 0.323 e. The second-order valence-electron chi connectivity index (χ2n) is 6.45. The van der Waals surface area contributed by atoms with Crippen molar-refractivity contribution in [1.82, 2.24) is 0 Å². The fraction of sp³-hybridized carbons (Fsp3) is 0.800. The summed E-state index contributed by atoms with van der Waals surface area (Å²) >= 11 is 0. The third kappa shape index (κ3) is 6.42. The molecule has 0 aliphatic carbocycles. The van der Waals surface area contributed by atoms with Crippen molar-refractivity contribution in [2.75, 3.05) is 40.6 Å². The zero-order valence-electron chi connectivity index (χ0n) is 18.3. The van der Waals surface area contributed by atoms with Crippen LogP contribution in [0.15, 0.2) is 0 Å². The van der Waals surface area contributed by atoms with Crippen LogP contribution in [0.3, 0.4) is 0 Å². The Morgan fingerprint density at radius 1 is 0.552 bits per heavy atom. The average Bonchev–Trinajstić information content (AvgIpc) is 2.74. The molecule has 168 valence electrons. The molecule has 0 aliphatic heterocycles. The Balaban J connectivity index is 4.38. The molecule has 0 aromatic rings. The van der Waals surface area contributed by atoms with E-state index in [0.29, 0.717) is 0 Å². The lowest BCUT2D eigenvalue weighted by atomic mass is 9.82. The summed E-state index contributed by atoms with van der Waals surface area (Å²) in [5.74, 6) is -2.56. The van der Waals surface area contributed by atoms with Gasteiger partial charge in [-0.15, -0.1) is 0 Å². The SMILES string of the molecule is CCC(CC)(C(=O)OC)C(=O)OCCOCCOC(=O)C(CC)(CC)C(=O)OC. The van der Waals surface area contributed by atoms with E-state index in [9.17, 15) is 19.2 Å². The van der Waals surface area contributed by atoms with Gasteiger partial charge < -0.3 is 23.7 Å². The highest BCUT2D eigenvalue weighted by Gasteiger charge is 2.46. The van der Waals surface area contributed by atoms with Gasteiger partial charge in [0.1, 0.15) is 13.2 Å². The molecular formula is C20H34O9. The van der Waals surface area contributed by atoms with E-state index in [1.807, 2.05) is 0 Å². The van der Waals surface area contributed by atoms with E-state index in [0.717, 1.165) is 0 Å². The van der Waals surface area contributed by atoms with Crippen LogP contribution in [0.5, 0.6) is 0 Å². The van der Waals surface area contributed by atoms with Crippen molar-refractivity contribution in [1.29, 1.82) is 0 Å². The number of hydrogen-bond acceptors (Lipinski definition) is 9. The molecule has 0 N–H and O–H groups in total. The highest BCUT2D eigenvalue weighted by molar-refractivity contribution is 6.00. The van der Waals surface area contributed by atoms with E-state index in [2.05, 4.69) is 0 Å². The summed E-state index contributed by atoms with van der Waals surface area (Å²) in [5, 5.41) is 0. The number of carbonyl (C=O) groups is 4. The standard InChI is InChI=1S/C20H34O9/c1-7-19(8-2,15(21)25-5)17(23)28-13-11-27-12-14-29-18(24)20(9-3,10-4)16(22)26-6/h7-14H2,1-6H3. The molecule has 9 nitrogen and oxygen atoms in total. The lowest BCUT2D eigenvalue weighted by Gasteiger charge is -2.26. The molecule has 0 fully saturated rings. The number of carbonyl (C=O) groups excluding carboxylic acids is 4. The summed E-state index contributed by atoms with van der Waals surface area (Å²) in [6.45, 7) is 6.89. The van der Waals surface area contributed by atoms with Gasteiger partial charge in [-0.05, 0) is 25.7 Å². The minimum atomic E-state index is -1.32. The first-order valence-electron chi connectivity index (χ1n) is 9.85. The Labute approximate surface area is 172 Å². The molecule has 0 radical (unpaired) electrons. The fourth-order valence-electron chi connectivity index (χ4n) is 2.98. The molecule has 29 heavy (non-hydrogen) atoms. The van der Waals surface area contributed by atoms with Gasteiger partial charge in [0.25, 0.3) is 0 Å². The molecule has 0 aliphatic rings. The first-order valence-corrected chi connectivity index (χ1v) is 9.85. The molecule has 0 aromatic heterocycles. The zero-order valence-corrected chi connectivity index (χ0v) is 18.3. The van der Waals surface area contributed by atoms with Crippen molar-refractivity contribution in [3.05, 3.63) is 0 Å². The van der Waals surface area contributed by atoms with Gasteiger partial charge in [-0.3, -0.25) is 19.2 Å². The normalized spacial score (nSPS) is 11.5. The van der Waals surface area contributed by atoms with Crippen molar-refractivity contribution in [3.8, 4) is 0 Å². The van der Waals surface area contributed by atoms with Gasteiger partial charge in [0, 0.05) is 0 Å². The Hall–Kier alpha value is -2.16. The Morgan fingerprint density at radius 2 is 0.862 bits per heavy atom. The van der Waals surface area contributed by atoms with Gasteiger partial charge in [0.05, 0.1) is 27.4 Å². The van der Waals surface area contributed by atoms with E-state index in [4.69, 9.17) is 23.7 Å². The van der Waals surface area contributed by atoms with Crippen LogP contribution in [0.25, 0.3) is 0 Å². The Bertz CT molecular complexity index is 500. The van der Waals surface area contributed by atoms with Crippen molar-refractivity contribution >= 4 is 23.9 Å². The first kappa shape index (κ1) is 26.8. The number of rotatable bonds is 14. The minimum absolute atomic E-state index is 0.0540. The average molecular weight is 418 g/mol. The number of hydrogen-bond donors (Lipinski definition) is 0. The fourth-order valence-corrected chi connectivity index (χ4v) is 2.98. The zero-order chi connectivity index (χ0) is 22.5. The van der Waals surface area contributed by atoms with Gasteiger partial charge in [0.2, 0.25) is 0 Å². The molecule has 0 saturated heterocycles. The third-order valence-electron chi connectivity index (χ3n) is 5.27. The summed E-state index contributed by atoms with van der Waals surface area (Å²) in [7, 11) is 2.46. The summed E-state index contributed by atoms with van der Waals surface area (Å²) in [4.78, 5) is 48.4. The van der Waals surface area contributed by atoms with E-state index in [1.165, 1.54) is 14.2 Å². The van der Waals surface area contributed by atoms with Crippen LogP contribution in [-0.4, -0.2) is 64.5 Å². The van der Waals surface area contributed by atoms with Gasteiger partial charge in [-0.25, -0.2) is 0 Å². The molecular weight excluding hydrogens is 384 g/mol. The van der Waals surface area contributed by atoms with E-state index < -0.39 is 34.7 Å². The van der Waals surface area contributed by atoms with Crippen LogP contribution < -0.4 is 0 Å². The number of ether oxygens (including phenoxy) is 5. The summed E-state index contributed by atoms with van der Waals surface area (Å²) < 4.78 is 25.0. The second kappa shape index (κ2) is 13.1. The van der Waals surface area contributed by atoms with Crippen LogP contribution in [0.4, 0.5) is 0 Å². The van der Waals surface area contributed by atoms with E-state index in [1.54, 1.807) is 27.7 Å². The van der Waals surface area contributed by atoms with Crippen LogP contribution >= 0.6 is 0 Å². The van der Waals surface area contributed by atoms with Gasteiger partial charge in [0.15, 0.2) is 10.8 Å². The van der Waals surface area contributed by atoms with Gasteiger partial charge >= 0.3 is 23.9 Å². The summed E-state index contributed by atoms with van der Waals surface area (Å²) in [5.41, 5.74) is -2.64. The minimum Gasteiger partial charge on any atom is -0.468 e. The maximum atomic E-state index is 12.3. The largest absolute Gasteiger partial charge is 0.468 e. The maximum Gasteiger partial charge on any atom is 0.323 e. The van der Waals surface area contributed by atoms with Gasteiger partial charge in [-0.2, -0.15) is 0 Å². The molecule has 0 saturated carbocycles. The topological polar surface area (TPSA) is 114 Å². The molecule has 0 rings (SSSR count). The van der Waals surface area contributed by atoms with Crippen molar-refractivity contribution in [2.45, 2.75) is 53.4 Å². The number of methoxy groups -OCH3 is 2. The van der Waals surface area contributed by atoms with E-state index in [-0.39, 0.29) is 52.1 Å². The Morgan fingerprint density at radius 3 is 1.10 bits per heavy atom. The molecule has 0 heterocycles. The molecule has 0 amide bonds. The maximum absolute atomic E-state index is 12.3. The molecule has 0 spiro atoms. The molecule has 0 aromatic carbocycles. The van der Waals surface area contributed by atoms with Crippen LogP contribution in [-0.2, 0) is 42.9 Å². The summed E-state index contributed by atoms with van der Waals surface area (Å²) in [6, 6.07) is 0. The molecule has 0 unspecified atom stereocenters. The van der Waals surface area contributed by atoms with Crippen molar-refractivity contribution < 1.29 is 42.9 Å².